The summed E-state index contributed by atoms with van der Waals surface area (Å²) < 4.78 is 1.33. The summed E-state index contributed by atoms with van der Waals surface area (Å²) in [4.78, 5) is 1.37. The molecule has 0 saturated heterocycles. The van der Waals surface area contributed by atoms with Crippen LogP contribution in [0, 0.1) is 13.8 Å². The standard InChI is InChI=1S/C20H16OS/c1-12-13(2)22-18-11-15-5-3-4-6-17(15)20(19(12)18)14-7-9-16(21)10-8-14/h3-11,21H,1-2H3. The van der Waals surface area contributed by atoms with Crippen molar-refractivity contribution in [3.8, 4) is 16.9 Å². The van der Waals surface area contributed by atoms with Crippen molar-refractivity contribution >= 4 is 32.2 Å². The Balaban J connectivity index is 2.22. The van der Waals surface area contributed by atoms with E-state index in [0.717, 1.165) is 5.56 Å². The van der Waals surface area contributed by atoms with Gasteiger partial charge in [0.1, 0.15) is 5.75 Å². The minimum atomic E-state index is 0.304. The van der Waals surface area contributed by atoms with Crippen molar-refractivity contribution in [2.24, 2.45) is 0 Å². The molecule has 0 spiro atoms. The van der Waals surface area contributed by atoms with E-state index in [1.54, 1.807) is 12.1 Å². The van der Waals surface area contributed by atoms with Crippen molar-refractivity contribution in [3.63, 3.8) is 0 Å². The molecule has 0 amide bonds. The van der Waals surface area contributed by atoms with E-state index in [0.29, 0.717) is 5.75 Å². The van der Waals surface area contributed by atoms with Gasteiger partial charge in [-0.2, -0.15) is 0 Å². The summed E-state index contributed by atoms with van der Waals surface area (Å²) in [5.74, 6) is 0.304. The van der Waals surface area contributed by atoms with Gasteiger partial charge >= 0.3 is 0 Å². The minimum absolute atomic E-state index is 0.304. The molecule has 0 aliphatic rings. The Morgan fingerprint density at radius 1 is 0.909 bits per heavy atom. The van der Waals surface area contributed by atoms with Gasteiger partial charge in [-0.3, -0.25) is 0 Å². The van der Waals surface area contributed by atoms with Gasteiger partial charge in [0.2, 0.25) is 0 Å². The topological polar surface area (TPSA) is 20.2 Å². The third kappa shape index (κ3) is 1.92. The first-order valence-electron chi connectivity index (χ1n) is 7.36. The SMILES string of the molecule is Cc1sc2cc3ccccc3c(-c3ccc(O)cc3)c2c1C. The predicted molar refractivity (Wildman–Crippen MR) is 95.9 cm³/mol. The Kier molecular flexibility index (Phi) is 2.95. The Labute approximate surface area is 133 Å². The summed E-state index contributed by atoms with van der Waals surface area (Å²) in [5, 5.41) is 13.5. The van der Waals surface area contributed by atoms with E-state index in [4.69, 9.17) is 0 Å². The molecule has 2 heteroatoms. The predicted octanol–water partition coefficient (Wildman–Crippen LogP) is 6.04. The molecule has 0 bridgehead atoms. The number of hydrogen-bond donors (Lipinski definition) is 1. The van der Waals surface area contributed by atoms with Gasteiger partial charge in [-0.25, -0.2) is 0 Å². The lowest BCUT2D eigenvalue weighted by molar-refractivity contribution is 0.475. The van der Waals surface area contributed by atoms with Gasteiger partial charge < -0.3 is 5.11 Å². The van der Waals surface area contributed by atoms with Crippen LogP contribution in [-0.4, -0.2) is 5.11 Å². The fraction of sp³-hybridized carbons (Fsp3) is 0.100. The molecule has 108 valence electrons. The van der Waals surface area contributed by atoms with Crippen LogP contribution in [0.3, 0.4) is 0 Å². The Morgan fingerprint density at radius 2 is 1.64 bits per heavy atom. The van der Waals surface area contributed by atoms with Crippen molar-refractivity contribution in [2.75, 3.05) is 0 Å². The van der Waals surface area contributed by atoms with Crippen LogP contribution in [-0.2, 0) is 0 Å². The zero-order valence-corrected chi connectivity index (χ0v) is 13.4. The van der Waals surface area contributed by atoms with Gasteiger partial charge in [-0.05, 0) is 59.5 Å². The van der Waals surface area contributed by atoms with Crippen LogP contribution in [0.25, 0.3) is 32.0 Å². The third-order valence-electron chi connectivity index (χ3n) is 4.34. The first-order chi connectivity index (χ1) is 10.6. The molecule has 0 radical (unpaired) electrons. The van der Waals surface area contributed by atoms with E-state index >= 15 is 0 Å². The molecule has 0 saturated carbocycles. The molecule has 0 aliphatic carbocycles. The van der Waals surface area contributed by atoms with E-state index in [1.807, 2.05) is 23.5 Å². The van der Waals surface area contributed by atoms with Crippen molar-refractivity contribution in [3.05, 3.63) is 65.0 Å². The molecule has 1 N–H and O–H groups in total. The number of phenols is 1. The summed E-state index contributed by atoms with van der Waals surface area (Å²) >= 11 is 1.86. The van der Waals surface area contributed by atoms with E-state index in [-0.39, 0.29) is 0 Å². The summed E-state index contributed by atoms with van der Waals surface area (Å²) in [5.41, 5.74) is 3.78. The summed E-state index contributed by atoms with van der Waals surface area (Å²) in [6.45, 7) is 4.39. The van der Waals surface area contributed by atoms with Crippen LogP contribution >= 0.6 is 11.3 Å². The second-order valence-corrected chi connectivity index (χ2v) is 6.93. The second kappa shape index (κ2) is 4.85. The lowest BCUT2D eigenvalue weighted by Gasteiger charge is -2.11. The number of benzene rings is 3. The number of thiophene rings is 1. The van der Waals surface area contributed by atoms with Gasteiger partial charge in [-0.1, -0.05) is 36.4 Å². The molecule has 22 heavy (non-hydrogen) atoms. The Bertz CT molecular complexity index is 994. The maximum atomic E-state index is 9.59. The van der Waals surface area contributed by atoms with Crippen LogP contribution in [0.4, 0.5) is 0 Å². The van der Waals surface area contributed by atoms with Crippen LogP contribution in [0.2, 0.25) is 0 Å². The second-order valence-electron chi connectivity index (χ2n) is 5.68. The molecule has 0 fully saturated rings. The number of aryl methyl sites for hydroxylation is 2. The third-order valence-corrected chi connectivity index (χ3v) is 5.49. The maximum Gasteiger partial charge on any atom is 0.115 e. The quantitative estimate of drug-likeness (QED) is 0.454. The van der Waals surface area contributed by atoms with Crippen molar-refractivity contribution in [1.29, 1.82) is 0 Å². The first kappa shape index (κ1) is 13.4. The van der Waals surface area contributed by atoms with E-state index in [2.05, 4.69) is 44.2 Å². The normalized spacial score (nSPS) is 11.4. The molecule has 0 aliphatic heterocycles. The number of phenolic OH excluding ortho intramolecular Hbond substituents is 1. The van der Waals surface area contributed by atoms with Crippen LogP contribution in [0.15, 0.2) is 54.6 Å². The summed E-state index contributed by atoms with van der Waals surface area (Å²) in [6, 6.07) is 18.3. The average molecular weight is 304 g/mol. The highest BCUT2D eigenvalue weighted by Crippen LogP contribution is 2.42. The van der Waals surface area contributed by atoms with Crippen LogP contribution in [0.5, 0.6) is 5.75 Å². The summed E-state index contributed by atoms with van der Waals surface area (Å²) in [6.07, 6.45) is 0. The van der Waals surface area contributed by atoms with E-state index in [1.165, 1.54) is 36.9 Å². The van der Waals surface area contributed by atoms with Crippen molar-refractivity contribution in [1.82, 2.24) is 0 Å². The molecule has 0 unspecified atom stereocenters. The highest BCUT2D eigenvalue weighted by molar-refractivity contribution is 7.19. The fourth-order valence-corrected chi connectivity index (χ4v) is 4.25. The highest BCUT2D eigenvalue weighted by atomic mass is 32.1. The summed E-state index contributed by atoms with van der Waals surface area (Å²) in [7, 11) is 0. The zero-order valence-electron chi connectivity index (χ0n) is 12.6. The Hall–Kier alpha value is -2.32. The molecule has 1 heterocycles. The number of fused-ring (bicyclic) bond motifs is 2. The minimum Gasteiger partial charge on any atom is -0.508 e. The van der Waals surface area contributed by atoms with Crippen molar-refractivity contribution in [2.45, 2.75) is 13.8 Å². The molecule has 1 aromatic heterocycles. The molecule has 0 atom stereocenters. The van der Waals surface area contributed by atoms with Gasteiger partial charge in [-0.15, -0.1) is 11.3 Å². The van der Waals surface area contributed by atoms with E-state index in [9.17, 15) is 5.11 Å². The van der Waals surface area contributed by atoms with E-state index < -0.39 is 0 Å². The zero-order chi connectivity index (χ0) is 15.3. The molecular formula is C20H16OS. The monoisotopic (exact) mass is 304 g/mol. The molecular weight excluding hydrogens is 288 g/mol. The fourth-order valence-electron chi connectivity index (χ4n) is 3.12. The smallest absolute Gasteiger partial charge is 0.115 e. The largest absolute Gasteiger partial charge is 0.508 e. The molecule has 4 aromatic rings. The van der Waals surface area contributed by atoms with Gasteiger partial charge in [0.25, 0.3) is 0 Å². The number of rotatable bonds is 1. The van der Waals surface area contributed by atoms with Gasteiger partial charge in [0, 0.05) is 15.0 Å². The molecule has 4 rings (SSSR count). The van der Waals surface area contributed by atoms with Crippen molar-refractivity contribution < 1.29 is 5.11 Å². The van der Waals surface area contributed by atoms with Crippen LogP contribution < -0.4 is 0 Å². The first-order valence-corrected chi connectivity index (χ1v) is 8.17. The lowest BCUT2D eigenvalue weighted by Crippen LogP contribution is -1.85. The molecule has 3 aromatic carbocycles. The average Bonchev–Trinajstić information content (AvgIpc) is 2.81. The highest BCUT2D eigenvalue weighted by Gasteiger charge is 2.15. The number of aromatic hydroxyl groups is 1. The Morgan fingerprint density at radius 3 is 2.41 bits per heavy atom. The maximum absolute atomic E-state index is 9.59. The number of hydrogen-bond acceptors (Lipinski definition) is 2. The van der Waals surface area contributed by atoms with Gasteiger partial charge in [0.15, 0.2) is 0 Å². The van der Waals surface area contributed by atoms with Crippen LogP contribution in [0.1, 0.15) is 10.4 Å². The lowest BCUT2D eigenvalue weighted by atomic mass is 9.93. The molecule has 1 nitrogen and oxygen atoms in total. The van der Waals surface area contributed by atoms with Gasteiger partial charge in [0.05, 0.1) is 0 Å².